The zero-order chi connectivity index (χ0) is 18.3. The molecule has 9 heteroatoms. The number of halogens is 3. The van der Waals surface area contributed by atoms with Crippen LogP contribution in [-0.4, -0.2) is 16.0 Å². The van der Waals surface area contributed by atoms with Crippen molar-refractivity contribution in [3.63, 3.8) is 0 Å². The molecule has 2 rings (SSSR count). The van der Waals surface area contributed by atoms with Gasteiger partial charge >= 0.3 is 6.18 Å². The van der Waals surface area contributed by atoms with Gasteiger partial charge in [-0.05, 0) is 31.0 Å². The highest BCUT2D eigenvalue weighted by molar-refractivity contribution is 5.77. The van der Waals surface area contributed by atoms with Gasteiger partial charge in [0.1, 0.15) is 0 Å². The van der Waals surface area contributed by atoms with Gasteiger partial charge in [0, 0.05) is 19.3 Å². The van der Waals surface area contributed by atoms with Gasteiger partial charge in [0.05, 0.1) is 11.3 Å². The number of aromatic nitrogens is 2. The Labute approximate surface area is 142 Å². The molecule has 0 fully saturated rings. The molecule has 1 aromatic carbocycles. The summed E-state index contributed by atoms with van der Waals surface area (Å²) in [6.07, 6.45) is -1.63. The Balaban J connectivity index is 1.73. The second kappa shape index (κ2) is 8.50. The van der Waals surface area contributed by atoms with E-state index in [1.54, 1.807) is 0 Å². The third kappa shape index (κ3) is 6.09. The number of nitrogens with zero attached hydrogens (tertiary/aromatic N) is 2. The van der Waals surface area contributed by atoms with Gasteiger partial charge in [-0.25, -0.2) is 0 Å². The maximum atomic E-state index is 12.6. The van der Waals surface area contributed by atoms with Crippen LogP contribution in [0.4, 0.5) is 18.9 Å². The summed E-state index contributed by atoms with van der Waals surface area (Å²) in [5, 5.41) is 3.82. The van der Waals surface area contributed by atoms with Gasteiger partial charge in [-0.3, -0.25) is 15.6 Å². The van der Waals surface area contributed by atoms with Crippen LogP contribution in [0.5, 0.6) is 0 Å². The maximum Gasteiger partial charge on any atom is 0.416 e. The lowest BCUT2D eigenvalue weighted by molar-refractivity contribution is -0.137. The van der Waals surface area contributed by atoms with Crippen molar-refractivity contribution in [2.24, 2.45) is 0 Å². The molecule has 0 aliphatic carbocycles. The number of benzene rings is 1. The summed E-state index contributed by atoms with van der Waals surface area (Å²) in [6.45, 7) is 2.01. The fraction of sp³-hybridized carbons (Fsp3) is 0.438. The number of alkyl halides is 3. The number of carbonyl (C=O) groups excluding carboxylic acids is 1. The molecule has 25 heavy (non-hydrogen) atoms. The predicted molar refractivity (Wildman–Crippen MR) is 84.4 cm³/mol. The number of hydrogen-bond donors (Lipinski definition) is 2. The van der Waals surface area contributed by atoms with Crippen LogP contribution in [0.25, 0.3) is 0 Å². The Morgan fingerprint density at radius 1 is 1.28 bits per heavy atom. The molecular weight excluding hydrogens is 337 g/mol. The SMILES string of the molecule is CCCc1noc(CCCC(=O)NNc2cccc(C(F)(F)F)c2)n1. The minimum Gasteiger partial charge on any atom is -0.339 e. The molecule has 2 aromatic rings. The molecule has 1 heterocycles. The Morgan fingerprint density at radius 3 is 2.80 bits per heavy atom. The topological polar surface area (TPSA) is 80.0 Å². The van der Waals surface area contributed by atoms with Crippen LogP contribution in [0.15, 0.2) is 28.8 Å². The van der Waals surface area contributed by atoms with E-state index in [2.05, 4.69) is 21.0 Å². The van der Waals surface area contributed by atoms with Gasteiger partial charge in [0.15, 0.2) is 5.82 Å². The number of hydrazine groups is 1. The Kier molecular flexibility index (Phi) is 6.37. The quantitative estimate of drug-likeness (QED) is 0.708. The highest BCUT2D eigenvalue weighted by Crippen LogP contribution is 2.30. The van der Waals surface area contributed by atoms with Crippen LogP contribution in [0.3, 0.4) is 0 Å². The minimum atomic E-state index is -4.43. The molecule has 1 aromatic heterocycles. The van der Waals surface area contributed by atoms with Gasteiger partial charge in [0.2, 0.25) is 11.8 Å². The van der Waals surface area contributed by atoms with Crippen molar-refractivity contribution in [2.75, 3.05) is 5.43 Å². The molecule has 1 amide bonds. The minimum absolute atomic E-state index is 0.157. The molecular formula is C16H19F3N4O2. The highest BCUT2D eigenvalue weighted by Gasteiger charge is 2.30. The van der Waals surface area contributed by atoms with Crippen LogP contribution >= 0.6 is 0 Å². The normalized spacial score (nSPS) is 11.4. The van der Waals surface area contributed by atoms with Crippen molar-refractivity contribution in [3.05, 3.63) is 41.5 Å². The molecule has 136 valence electrons. The van der Waals surface area contributed by atoms with Crippen LogP contribution < -0.4 is 10.9 Å². The molecule has 0 saturated heterocycles. The van der Waals surface area contributed by atoms with Crippen LogP contribution in [0, 0.1) is 0 Å². The molecule has 0 saturated carbocycles. The van der Waals surface area contributed by atoms with Crippen molar-refractivity contribution in [1.82, 2.24) is 15.6 Å². The van der Waals surface area contributed by atoms with Crippen LogP contribution in [0.1, 0.15) is 43.5 Å². The third-order valence-corrected chi connectivity index (χ3v) is 3.31. The Hall–Kier alpha value is -2.58. The number of amides is 1. The first-order valence-electron chi connectivity index (χ1n) is 7.92. The second-order valence-corrected chi connectivity index (χ2v) is 5.46. The molecule has 0 unspecified atom stereocenters. The summed E-state index contributed by atoms with van der Waals surface area (Å²) < 4.78 is 42.9. The van der Waals surface area contributed by atoms with Crippen molar-refractivity contribution in [3.8, 4) is 0 Å². The molecule has 0 atom stereocenters. The lowest BCUT2D eigenvalue weighted by Gasteiger charge is -2.11. The van der Waals surface area contributed by atoms with Crippen molar-refractivity contribution >= 4 is 11.6 Å². The molecule has 0 radical (unpaired) electrons. The van der Waals surface area contributed by atoms with E-state index in [9.17, 15) is 18.0 Å². The summed E-state index contributed by atoms with van der Waals surface area (Å²) in [5.74, 6) is 0.779. The number of carbonyl (C=O) groups is 1. The first-order valence-corrected chi connectivity index (χ1v) is 7.92. The summed E-state index contributed by atoms with van der Waals surface area (Å²) >= 11 is 0. The van der Waals surface area contributed by atoms with Gasteiger partial charge < -0.3 is 4.52 Å². The Morgan fingerprint density at radius 2 is 2.08 bits per heavy atom. The average molecular weight is 356 g/mol. The molecule has 0 aliphatic heterocycles. The summed E-state index contributed by atoms with van der Waals surface area (Å²) in [6, 6.07) is 4.59. The third-order valence-electron chi connectivity index (χ3n) is 3.31. The fourth-order valence-corrected chi connectivity index (χ4v) is 2.09. The van der Waals surface area contributed by atoms with Gasteiger partial charge in [-0.2, -0.15) is 18.2 Å². The van der Waals surface area contributed by atoms with Crippen LogP contribution in [-0.2, 0) is 23.8 Å². The molecule has 0 spiro atoms. The van der Waals surface area contributed by atoms with E-state index in [-0.39, 0.29) is 18.0 Å². The van der Waals surface area contributed by atoms with Crippen molar-refractivity contribution < 1.29 is 22.5 Å². The Bertz CT molecular complexity index is 701. The average Bonchev–Trinajstić information content (AvgIpc) is 3.00. The smallest absolute Gasteiger partial charge is 0.339 e. The number of nitrogens with one attached hydrogen (secondary N) is 2. The van der Waals surface area contributed by atoms with E-state index in [0.29, 0.717) is 24.6 Å². The number of anilines is 1. The van der Waals surface area contributed by atoms with Crippen molar-refractivity contribution in [2.45, 2.75) is 45.2 Å². The van der Waals surface area contributed by atoms with Gasteiger partial charge in [-0.15, -0.1) is 0 Å². The molecule has 6 nitrogen and oxygen atoms in total. The van der Waals surface area contributed by atoms with Gasteiger partial charge in [-0.1, -0.05) is 18.1 Å². The summed E-state index contributed by atoms with van der Waals surface area (Å²) in [4.78, 5) is 15.9. The second-order valence-electron chi connectivity index (χ2n) is 5.46. The van der Waals surface area contributed by atoms with E-state index in [1.807, 2.05) is 6.92 Å². The van der Waals surface area contributed by atoms with E-state index in [4.69, 9.17) is 4.52 Å². The van der Waals surface area contributed by atoms with E-state index in [1.165, 1.54) is 12.1 Å². The standard InChI is InChI=1S/C16H19F3N4O2/c1-2-5-13-20-15(25-23-13)9-4-8-14(24)22-21-12-7-3-6-11(10-12)16(17,18)19/h3,6-7,10,21H,2,4-5,8-9H2,1H3,(H,22,24). The number of aryl methyl sites for hydroxylation is 2. The predicted octanol–water partition coefficient (Wildman–Crippen LogP) is 3.51. The lowest BCUT2D eigenvalue weighted by Crippen LogP contribution is -2.29. The highest BCUT2D eigenvalue weighted by atomic mass is 19.4. The fourth-order valence-electron chi connectivity index (χ4n) is 2.09. The molecule has 0 bridgehead atoms. The summed E-state index contributed by atoms with van der Waals surface area (Å²) in [7, 11) is 0. The van der Waals surface area contributed by atoms with E-state index < -0.39 is 11.7 Å². The number of rotatable bonds is 8. The zero-order valence-electron chi connectivity index (χ0n) is 13.7. The van der Waals surface area contributed by atoms with Crippen LogP contribution in [0.2, 0.25) is 0 Å². The maximum absolute atomic E-state index is 12.6. The monoisotopic (exact) mass is 356 g/mol. The summed E-state index contributed by atoms with van der Waals surface area (Å²) in [5.41, 5.74) is 4.21. The molecule has 2 N–H and O–H groups in total. The lowest BCUT2D eigenvalue weighted by atomic mass is 10.2. The molecule has 0 aliphatic rings. The van der Waals surface area contributed by atoms with E-state index in [0.717, 1.165) is 25.0 Å². The van der Waals surface area contributed by atoms with Crippen molar-refractivity contribution in [1.29, 1.82) is 0 Å². The van der Waals surface area contributed by atoms with E-state index >= 15 is 0 Å². The van der Waals surface area contributed by atoms with Gasteiger partial charge in [0.25, 0.3) is 0 Å². The zero-order valence-corrected chi connectivity index (χ0v) is 13.7. The largest absolute Gasteiger partial charge is 0.416 e. The first-order chi connectivity index (χ1) is 11.9. The number of hydrogen-bond acceptors (Lipinski definition) is 5. The first kappa shape index (κ1) is 18.8.